The van der Waals surface area contributed by atoms with E-state index < -0.39 is 6.08 Å². The molecule has 0 fully saturated rings. The summed E-state index contributed by atoms with van der Waals surface area (Å²) in [6.07, 6.45) is -0.705. The molecule has 0 N–H and O–H groups in total. The second-order valence-corrected chi connectivity index (χ2v) is 1.52. The summed E-state index contributed by atoms with van der Waals surface area (Å²) in [5, 5.41) is 19.7. The number of nitrogens with zero attached hydrogens (tertiary/aromatic N) is 2. The van der Waals surface area contributed by atoms with Gasteiger partial charge in [-0.3, -0.25) is 0 Å². The average Bonchev–Trinajstić information content (AvgIpc) is 1.85. The van der Waals surface area contributed by atoms with Gasteiger partial charge in [0.1, 0.15) is 0 Å². The molecule has 10 heavy (non-hydrogen) atoms. The first kappa shape index (κ1) is 13.3. The summed E-state index contributed by atoms with van der Waals surface area (Å²) >= 11 is 0.512. The van der Waals surface area contributed by atoms with E-state index in [2.05, 4.69) is 9.13 Å². The van der Waals surface area contributed by atoms with Gasteiger partial charge in [0.2, 0.25) is 0 Å². The van der Waals surface area contributed by atoms with Crippen LogP contribution >= 0.6 is 11.9 Å². The van der Waals surface area contributed by atoms with Crippen LogP contribution in [0.4, 0.5) is 0 Å². The monoisotopic (exact) mass is 184 g/mol. The van der Waals surface area contributed by atoms with E-state index in [1.165, 1.54) is 0 Å². The summed E-state index contributed by atoms with van der Waals surface area (Å²) in [5.74, 6) is 0. The first-order valence-electron chi connectivity index (χ1n) is 2.24. The molecule has 0 aliphatic heterocycles. The van der Waals surface area contributed by atoms with E-state index >= 15 is 0 Å². The van der Waals surface area contributed by atoms with Crippen molar-refractivity contribution in [1.82, 2.24) is 0 Å². The van der Waals surface area contributed by atoms with Crippen LogP contribution in [0.15, 0.2) is 4.40 Å². The molecule has 0 radical (unpaired) electrons. The maximum Gasteiger partial charge on any atom is 1.00 e. The van der Waals surface area contributed by atoms with Gasteiger partial charge in [-0.15, -0.1) is 0 Å². The minimum absolute atomic E-state index is 0. The van der Waals surface area contributed by atoms with E-state index in [9.17, 15) is 5.11 Å². The van der Waals surface area contributed by atoms with Gasteiger partial charge in [-0.05, 0) is 6.61 Å². The van der Waals surface area contributed by atoms with Crippen molar-refractivity contribution in [3.05, 3.63) is 0 Å². The molecule has 0 aliphatic rings. The summed E-state index contributed by atoms with van der Waals surface area (Å²) in [6.45, 7) is 1.96. The number of ether oxygens (including phenoxy) is 1. The SMILES string of the molecule is CCO/C([O-])=N\SC#N.[K+]. The van der Waals surface area contributed by atoms with Crippen molar-refractivity contribution in [2.24, 2.45) is 4.40 Å². The molecule has 0 rings (SSSR count). The second-order valence-electron chi connectivity index (χ2n) is 0.973. The van der Waals surface area contributed by atoms with Gasteiger partial charge in [-0.25, -0.2) is 0 Å². The Kier molecular flexibility index (Phi) is 13.0. The van der Waals surface area contributed by atoms with Gasteiger partial charge < -0.3 is 9.84 Å². The first-order chi connectivity index (χ1) is 4.31. The zero-order valence-corrected chi connectivity index (χ0v) is 9.77. The normalized spacial score (nSPS) is 9.40. The van der Waals surface area contributed by atoms with Gasteiger partial charge in [0.05, 0.1) is 11.9 Å². The molecule has 4 nitrogen and oxygen atoms in total. The van der Waals surface area contributed by atoms with Gasteiger partial charge >= 0.3 is 51.4 Å². The fraction of sp³-hybridized carbons (Fsp3) is 0.500. The van der Waals surface area contributed by atoms with E-state index in [0.717, 1.165) is 0 Å². The van der Waals surface area contributed by atoms with Crippen LogP contribution in [0.1, 0.15) is 6.92 Å². The second kappa shape index (κ2) is 9.75. The fourth-order valence-electron chi connectivity index (χ4n) is 0.208. The first-order valence-corrected chi connectivity index (χ1v) is 3.01. The molecule has 0 atom stereocenters. The van der Waals surface area contributed by atoms with Crippen molar-refractivity contribution in [3.63, 3.8) is 0 Å². The molecule has 0 heterocycles. The minimum atomic E-state index is -0.705. The van der Waals surface area contributed by atoms with E-state index in [0.29, 0.717) is 11.9 Å². The van der Waals surface area contributed by atoms with Crippen molar-refractivity contribution < 1.29 is 61.2 Å². The molecule has 0 bridgehead atoms. The summed E-state index contributed by atoms with van der Waals surface area (Å²) in [6, 6.07) is 0. The molecule has 0 aromatic heterocycles. The number of hydrogen-bond acceptors (Lipinski definition) is 5. The largest absolute Gasteiger partial charge is 1.00 e. The third kappa shape index (κ3) is 8.75. The van der Waals surface area contributed by atoms with Crippen molar-refractivity contribution in [3.8, 4) is 5.40 Å². The third-order valence-corrected chi connectivity index (χ3v) is 0.751. The molecule has 0 aromatic carbocycles. The number of hydrogen-bond donors (Lipinski definition) is 0. The van der Waals surface area contributed by atoms with Crippen molar-refractivity contribution in [2.45, 2.75) is 6.92 Å². The van der Waals surface area contributed by atoms with Gasteiger partial charge in [-0.2, -0.15) is 9.66 Å². The van der Waals surface area contributed by atoms with Crippen molar-refractivity contribution in [2.75, 3.05) is 6.61 Å². The average molecular weight is 184 g/mol. The van der Waals surface area contributed by atoms with Gasteiger partial charge in [0, 0.05) is 0 Å². The predicted octanol–water partition coefficient (Wildman–Crippen LogP) is -3.13. The Bertz CT molecular complexity index is 145. The molecule has 6 heteroatoms. The Morgan fingerprint density at radius 1 is 1.90 bits per heavy atom. The summed E-state index contributed by atoms with van der Waals surface area (Å²) in [5.41, 5.74) is 0. The smallest absolute Gasteiger partial charge is 0.600 e. The van der Waals surface area contributed by atoms with Crippen LogP contribution in [0.5, 0.6) is 0 Å². The van der Waals surface area contributed by atoms with Crippen LogP contribution in [0.2, 0.25) is 0 Å². The molecule has 0 aromatic rings. The fourth-order valence-corrected chi connectivity index (χ4v) is 0.376. The number of nitriles is 1. The van der Waals surface area contributed by atoms with Gasteiger partial charge in [0.25, 0.3) is 0 Å². The number of rotatable bonds is 2. The van der Waals surface area contributed by atoms with Crippen LogP contribution in [-0.2, 0) is 4.74 Å². The summed E-state index contributed by atoms with van der Waals surface area (Å²) < 4.78 is 7.49. The third-order valence-electron chi connectivity index (χ3n) is 0.429. The Labute approximate surface area is 106 Å². The Balaban J connectivity index is 0. The zero-order chi connectivity index (χ0) is 7.11. The van der Waals surface area contributed by atoms with Crippen LogP contribution < -0.4 is 56.5 Å². The minimum Gasteiger partial charge on any atom is -0.600 e. The molecule has 0 saturated carbocycles. The molecule has 0 aliphatic carbocycles. The molecule has 0 amide bonds. The number of thiocyanates is 1. The molecule has 0 spiro atoms. The van der Waals surface area contributed by atoms with E-state index in [1.807, 2.05) is 0 Å². The summed E-state index contributed by atoms with van der Waals surface area (Å²) in [7, 11) is 0. The van der Waals surface area contributed by atoms with E-state index in [-0.39, 0.29) is 58.0 Å². The molecule has 50 valence electrons. The van der Waals surface area contributed by atoms with Crippen molar-refractivity contribution >= 4 is 18.0 Å². The van der Waals surface area contributed by atoms with E-state index in [4.69, 9.17) is 5.26 Å². The summed E-state index contributed by atoms with van der Waals surface area (Å²) in [4.78, 5) is 0. The Morgan fingerprint density at radius 2 is 2.50 bits per heavy atom. The van der Waals surface area contributed by atoms with Gasteiger partial charge in [0.15, 0.2) is 11.5 Å². The zero-order valence-electron chi connectivity index (χ0n) is 5.83. The van der Waals surface area contributed by atoms with Gasteiger partial charge in [-0.1, -0.05) is 6.92 Å². The Morgan fingerprint density at radius 3 is 2.90 bits per heavy atom. The molecular formula is C4H5KN2O2S. The quantitative estimate of drug-likeness (QED) is 0.150. The predicted molar refractivity (Wildman–Crippen MR) is 32.3 cm³/mol. The molecule has 0 unspecified atom stereocenters. The molecular weight excluding hydrogens is 179 g/mol. The van der Waals surface area contributed by atoms with E-state index in [1.54, 1.807) is 12.3 Å². The molecule has 0 saturated heterocycles. The van der Waals surface area contributed by atoms with Crippen LogP contribution in [-0.4, -0.2) is 12.7 Å². The topological polar surface area (TPSA) is 68.4 Å². The van der Waals surface area contributed by atoms with Crippen molar-refractivity contribution in [1.29, 1.82) is 5.26 Å². The van der Waals surface area contributed by atoms with Crippen LogP contribution in [0.25, 0.3) is 0 Å². The van der Waals surface area contributed by atoms with Crippen LogP contribution in [0, 0.1) is 10.7 Å². The van der Waals surface area contributed by atoms with Crippen LogP contribution in [0.3, 0.4) is 0 Å². The standard InChI is InChI=1S/C4H6N2O2S.K/c1-2-8-4(7)6-9-3-5;/h2H2,1H3,(H,6,7);/q;+1/p-1. The maximum absolute atomic E-state index is 10.2. The maximum atomic E-state index is 10.2. The Hall–Kier alpha value is 0.746.